The molecular weight excluding hydrogens is 338 g/mol. The van der Waals surface area contributed by atoms with Crippen LogP contribution in [0, 0.1) is 0 Å². The third-order valence-corrected chi connectivity index (χ3v) is 3.79. The first-order valence-corrected chi connectivity index (χ1v) is 8.53. The monoisotopic (exact) mass is 359 g/mol. The van der Waals surface area contributed by atoms with Gasteiger partial charge in [-0.3, -0.25) is 0 Å². The Morgan fingerprint density at radius 3 is 2.30 bits per heavy atom. The van der Waals surface area contributed by atoms with Crippen LogP contribution >= 0.6 is 0 Å². The summed E-state index contributed by atoms with van der Waals surface area (Å²) in [4.78, 5) is 12.0. The minimum Gasteiger partial charge on any atom is -0.497 e. The standard InChI is InChI=1S/C22H21N3O2/c1-27-21-9-5-6-17(16-21)14-15-23-22(26)25-20-12-10-19(11-13-20)24-18-7-3-2-4-8-18/h2-16,24H,1H3,(H2,23,25,26)/b15-14+. The summed E-state index contributed by atoms with van der Waals surface area (Å²) in [5.41, 5.74) is 3.61. The molecule has 0 aliphatic rings. The molecule has 3 aromatic carbocycles. The van der Waals surface area contributed by atoms with Crippen LogP contribution in [0.25, 0.3) is 6.08 Å². The molecule has 3 aromatic rings. The molecule has 0 aromatic heterocycles. The fourth-order valence-electron chi connectivity index (χ4n) is 2.45. The van der Waals surface area contributed by atoms with E-state index in [1.54, 1.807) is 19.4 Å². The van der Waals surface area contributed by atoms with Gasteiger partial charge in [0.05, 0.1) is 7.11 Å². The Kier molecular flexibility index (Phi) is 6.09. The molecule has 2 amide bonds. The third-order valence-electron chi connectivity index (χ3n) is 3.79. The van der Waals surface area contributed by atoms with Crippen LogP contribution in [0.15, 0.2) is 85.1 Å². The minimum atomic E-state index is -0.307. The Hall–Kier alpha value is -3.73. The van der Waals surface area contributed by atoms with Gasteiger partial charge in [0.25, 0.3) is 0 Å². The van der Waals surface area contributed by atoms with Crippen molar-refractivity contribution in [3.05, 3.63) is 90.6 Å². The first-order valence-electron chi connectivity index (χ1n) is 8.53. The van der Waals surface area contributed by atoms with Crippen molar-refractivity contribution < 1.29 is 9.53 Å². The van der Waals surface area contributed by atoms with Gasteiger partial charge in [0.15, 0.2) is 0 Å². The predicted molar refractivity (Wildman–Crippen MR) is 110 cm³/mol. The number of anilines is 3. The molecule has 0 aliphatic heterocycles. The van der Waals surface area contributed by atoms with Crippen LogP contribution in [0.2, 0.25) is 0 Å². The average Bonchev–Trinajstić information content (AvgIpc) is 2.70. The molecule has 136 valence electrons. The summed E-state index contributed by atoms with van der Waals surface area (Å²) < 4.78 is 5.17. The van der Waals surface area contributed by atoms with Gasteiger partial charge in [-0.25, -0.2) is 4.79 Å². The molecular formula is C22H21N3O2. The summed E-state index contributed by atoms with van der Waals surface area (Å²) in [5, 5.41) is 8.77. The number of hydrogen-bond donors (Lipinski definition) is 3. The molecule has 5 heteroatoms. The quantitative estimate of drug-likeness (QED) is 0.565. The van der Waals surface area contributed by atoms with Crippen LogP contribution in [-0.2, 0) is 0 Å². The Morgan fingerprint density at radius 2 is 1.56 bits per heavy atom. The molecule has 0 atom stereocenters. The van der Waals surface area contributed by atoms with Gasteiger partial charge in [-0.1, -0.05) is 30.3 Å². The van der Waals surface area contributed by atoms with Crippen molar-refractivity contribution in [1.29, 1.82) is 0 Å². The lowest BCUT2D eigenvalue weighted by Gasteiger charge is -2.08. The maximum atomic E-state index is 12.0. The van der Waals surface area contributed by atoms with Crippen LogP contribution in [0.4, 0.5) is 21.9 Å². The van der Waals surface area contributed by atoms with Gasteiger partial charge in [-0.15, -0.1) is 0 Å². The van der Waals surface area contributed by atoms with Gasteiger partial charge in [0, 0.05) is 23.3 Å². The lowest BCUT2D eigenvalue weighted by Crippen LogP contribution is -2.23. The van der Waals surface area contributed by atoms with Crippen LogP contribution in [0.5, 0.6) is 5.75 Å². The molecule has 3 N–H and O–H groups in total. The van der Waals surface area contributed by atoms with E-state index in [-0.39, 0.29) is 6.03 Å². The second-order valence-electron chi connectivity index (χ2n) is 5.78. The van der Waals surface area contributed by atoms with Gasteiger partial charge in [0.2, 0.25) is 0 Å². The van der Waals surface area contributed by atoms with Crippen molar-refractivity contribution >= 4 is 29.2 Å². The number of ether oxygens (including phenoxy) is 1. The van der Waals surface area contributed by atoms with Gasteiger partial charge in [-0.2, -0.15) is 0 Å². The average molecular weight is 359 g/mol. The highest BCUT2D eigenvalue weighted by Crippen LogP contribution is 2.18. The van der Waals surface area contributed by atoms with E-state index < -0.39 is 0 Å². The largest absolute Gasteiger partial charge is 0.497 e. The smallest absolute Gasteiger partial charge is 0.323 e. The zero-order chi connectivity index (χ0) is 18.9. The number of urea groups is 1. The number of rotatable bonds is 6. The predicted octanol–water partition coefficient (Wildman–Crippen LogP) is 5.23. The van der Waals surface area contributed by atoms with E-state index in [0.717, 1.165) is 22.7 Å². The summed E-state index contributed by atoms with van der Waals surface area (Å²) in [7, 11) is 1.62. The molecule has 3 rings (SSSR count). The highest BCUT2D eigenvalue weighted by atomic mass is 16.5. The molecule has 0 spiro atoms. The van der Waals surface area contributed by atoms with Crippen molar-refractivity contribution in [3.63, 3.8) is 0 Å². The number of carbonyl (C=O) groups excluding carboxylic acids is 1. The number of hydrogen-bond acceptors (Lipinski definition) is 3. The van der Waals surface area contributed by atoms with E-state index >= 15 is 0 Å². The van der Waals surface area contributed by atoms with Crippen LogP contribution < -0.4 is 20.7 Å². The van der Waals surface area contributed by atoms with E-state index in [2.05, 4.69) is 16.0 Å². The molecule has 0 unspecified atom stereocenters. The lowest BCUT2D eigenvalue weighted by molar-refractivity contribution is 0.255. The summed E-state index contributed by atoms with van der Waals surface area (Å²) in [6.07, 6.45) is 3.39. The molecule has 0 heterocycles. The van der Waals surface area contributed by atoms with Crippen molar-refractivity contribution in [2.24, 2.45) is 0 Å². The topological polar surface area (TPSA) is 62.4 Å². The molecule has 27 heavy (non-hydrogen) atoms. The number of benzene rings is 3. The maximum absolute atomic E-state index is 12.0. The van der Waals surface area contributed by atoms with Gasteiger partial charge >= 0.3 is 6.03 Å². The van der Waals surface area contributed by atoms with Crippen LogP contribution in [0.1, 0.15) is 5.56 Å². The highest BCUT2D eigenvalue weighted by Gasteiger charge is 2.00. The van der Waals surface area contributed by atoms with Crippen molar-refractivity contribution in [2.75, 3.05) is 17.7 Å². The second kappa shape index (κ2) is 9.10. The highest BCUT2D eigenvalue weighted by molar-refractivity contribution is 5.90. The fourth-order valence-corrected chi connectivity index (χ4v) is 2.45. The Morgan fingerprint density at radius 1 is 0.852 bits per heavy atom. The maximum Gasteiger partial charge on any atom is 0.323 e. The molecule has 0 aliphatic carbocycles. The number of amides is 2. The second-order valence-corrected chi connectivity index (χ2v) is 5.78. The van der Waals surface area contributed by atoms with Gasteiger partial charge in [0.1, 0.15) is 5.75 Å². The first kappa shape index (κ1) is 18.1. The zero-order valence-corrected chi connectivity index (χ0v) is 15.0. The van der Waals surface area contributed by atoms with Crippen molar-refractivity contribution in [1.82, 2.24) is 5.32 Å². The minimum absolute atomic E-state index is 0.307. The van der Waals surface area contributed by atoms with Crippen LogP contribution in [-0.4, -0.2) is 13.1 Å². The molecule has 0 saturated carbocycles. The van der Waals surface area contributed by atoms with E-state index in [4.69, 9.17) is 4.74 Å². The van der Waals surface area contributed by atoms with Crippen molar-refractivity contribution in [3.8, 4) is 5.75 Å². The number of para-hydroxylation sites is 1. The molecule has 0 saturated heterocycles. The molecule has 0 bridgehead atoms. The summed E-state index contributed by atoms with van der Waals surface area (Å²) in [6.45, 7) is 0. The van der Waals surface area contributed by atoms with E-state index in [9.17, 15) is 4.79 Å². The molecule has 0 fully saturated rings. The van der Waals surface area contributed by atoms with Crippen molar-refractivity contribution in [2.45, 2.75) is 0 Å². The fraction of sp³-hybridized carbons (Fsp3) is 0.0455. The normalized spacial score (nSPS) is 10.4. The van der Waals surface area contributed by atoms with E-state index in [0.29, 0.717) is 5.69 Å². The summed E-state index contributed by atoms with van der Waals surface area (Å²) >= 11 is 0. The Labute approximate surface area is 158 Å². The number of methoxy groups -OCH3 is 1. The molecule has 0 radical (unpaired) electrons. The van der Waals surface area contributed by atoms with E-state index in [1.807, 2.05) is 78.9 Å². The SMILES string of the molecule is COc1cccc(/C=C/NC(=O)Nc2ccc(Nc3ccccc3)cc2)c1. The first-order chi connectivity index (χ1) is 13.2. The van der Waals surface area contributed by atoms with Gasteiger partial charge in [-0.05, 0) is 60.2 Å². The van der Waals surface area contributed by atoms with Gasteiger partial charge < -0.3 is 20.7 Å². The van der Waals surface area contributed by atoms with Crippen LogP contribution in [0.3, 0.4) is 0 Å². The number of carbonyl (C=O) groups is 1. The molecule has 5 nitrogen and oxygen atoms in total. The van der Waals surface area contributed by atoms with E-state index in [1.165, 1.54) is 0 Å². The Balaban J connectivity index is 1.51. The zero-order valence-electron chi connectivity index (χ0n) is 15.0. The lowest BCUT2D eigenvalue weighted by atomic mass is 10.2. The summed E-state index contributed by atoms with van der Waals surface area (Å²) in [6, 6.07) is 24.7. The number of nitrogens with one attached hydrogen (secondary N) is 3. The summed E-state index contributed by atoms with van der Waals surface area (Å²) in [5.74, 6) is 0.769. The Bertz CT molecular complexity index is 906. The third kappa shape index (κ3) is 5.64.